The molecule has 446 valence electrons. The number of ether oxygens (including phenoxy) is 3. The normalized spacial score (nSPS) is 12.5. The van der Waals surface area contributed by atoms with Crippen molar-refractivity contribution in [2.24, 2.45) is 0 Å². The Labute approximate surface area is 478 Å². The molecule has 0 aliphatic heterocycles. The van der Waals surface area contributed by atoms with E-state index in [1.807, 2.05) is 0 Å². The first-order chi connectivity index (χ1) is 38.0. The van der Waals surface area contributed by atoms with Crippen LogP contribution < -0.4 is 0 Å². The van der Waals surface area contributed by atoms with Gasteiger partial charge in [0, 0.05) is 19.3 Å². The Morgan fingerprint density at radius 2 is 0.468 bits per heavy atom. The van der Waals surface area contributed by atoms with Gasteiger partial charge < -0.3 is 14.2 Å². The molecule has 0 aromatic heterocycles. The van der Waals surface area contributed by atoms with Gasteiger partial charge in [-0.2, -0.15) is 0 Å². The Hall–Kier alpha value is -3.15. The van der Waals surface area contributed by atoms with E-state index in [1.54, 1.807) is 0 Å². The third-order valence-corrected chi connectivity index (χ3v) is 14.7. The summed E-state index contributed by atoms with van der Waals surface area (Å²) in [5, 5.41) is 0. The van der Waals surface area contributed by atoms with Crippen molar-refractivity contribution >= 4 is 17.9 Å². The van der Waals surface area contributed by atoms with Crippen LogP contribution in [0.5, 0.6) is 0 Å². The van der Waals surface area contributed by atoms with Gasteiger partial charge in [0.1, 0.15) is 13.2 Å². The van der Waals surface area contributed by atoms with E-state index in [4.69, 9.17) is 14.2 Å². The number of carbonyl (C=O) groups excluding carboxylic acids is 3. The van der Waals surface area contributed by atoms with E-state index in [0.29, 0.717) is 19.3 Å². The van der Waals surface area contributed by atoms with E-state index in [9.17, 15) is 14.4 Å². The van der Waals surface area contributed by atoms with Crippen molar-refractivity contribution < 1.29 is 28.6 Å². The lowest BCUT2D eigenvalue weighted by Crippen LogP contribution is -2.30. The van der Waals surface area contributed by atoms with Crippen molar-refractivity contribution in [1.82, 2.24) is 0 Å². The Morgan fingerprint density at radius 1 is 0.260 bits per heavy atom. The highest BCUT2D eigenvalue weighted by atomic mass is 16.6. The van der Waals surface area contributed by atoms with Crippen molar-refractivity contribution in [3.05, 3.63) is 72.9 Å². The van der Waals surface area contributed by atoms with Crippen LogP contribution in [-0.2, 0) is 28.6 Å². The SMILES string of the molecule is CCCCC/C=C\C/C=C\CCCCCCCCCCCC(=O)OC(COC(=O)CCCCCCCCC/C=C\CCCCCCCC)COC(=O)CCCCCCCCCC/C=C\C/C=C\C/C=C\CCCCCCC. The molecule has 77 heavy (non-hydrogen) atoms. The second kappa shape index (κ2) is 65.4. The molecule has 0 aromatic carbocycles. The number of rotatable bonds is 61. The molecular formula is C71H126O6. The molecule has 0 radical (unpaired) electrons. The van der Waals surface area contributed by atoms with Crippen LogP contribution in [0, 0.1) is 0 Å². The molecule has 6 nitrogen and oxygen atoms in total. The van der Waals surface area contributed by atoms with Crippen molar-refractivity contribution in [3.63, 3.8) is 0 Å². The van der Waals surface area contributed by atoms with Crippen LogP contribution in [0.1, 0.15) is 342 Å². The van der Waals surface area contributed by atoms with Crippen LogP contribution in [-0.4, -0.2) is 37.2 Å². The first-order valence-corrected chi connectivity index (χ1v) is 33.4. The third kappa shape index (κ3) is 63.6. The summed E-state index contributed by atoms with van der Waals surface area (Å²) in [6.07, 6.45) is 84.7. The lowest BCUT2D eigenvalue weighted by molar-refractivity contribution is -0.167. The monoisotopic (exact) mass is 1070 g/mol. The molecule has 0 saturated heterocycles. The first kappa shape index (κ1) is 73.8. The maximum absolute atomic E-state index is 12.9. The van der Waals surface area contributed by atoms with E-state index in [-0.39, 0.29) is 31.1 Å². The van der Waals surface area contributed by atoms with Crippen LogP contribution >= 0.6 is 0 Å². The number of allylic oxidation sites excluding steroid dienone is 12. The summed E-state index contributed by atoms with van der Waals surface area (Å²) in [5.41, 5.74) is 0. The molecule has 0 bridgehead atoms. The lowest BCUT2D eigenvalue weighted by Gasteiger charge is -2.18. The number of hydrogen-bond acceptors (Lipinski definition) is 6. The number of unbranched alkanes of at least 4 members (excludes halogenated alkanes) is 38. The topological polar surface area (TPSA) is 78.9 Å². The summed E-state index contributed by atoms with van der Waals surface area (Å²) in [7, 11) is 0. The molecule has 0 aliphatic carbocycles. The minimum absolute atomic E-state index is 0.0802. The average molecular weight is 1080 g/mol. The fourth-order valence-corrected chi connectivity index (χ4v) is 9.59. The fraction of sp³-hybridized carbons (Fsp3) is 0.789. The zero-order valence-electron chi connectivity index (χ0n) is 51.2. The smallest absolute Gasteiger partial charge is 0.306 e. The van der Waals surface area contributed by atoms with Gasteiger partial charge in [0.05, 0.1) is 0 Å². The summed E-state index contributed by atoms with van der Waals surface area (Å²) in [5.74, 6) is -0.879. The summed E-state index contributed by atoms with van der Waals surface area (Å²) in [6, 6.07) is 0. The van der Waals surface area contributed by atoms with Gasteiger partial charge in [-0.3, -0.25) is 14.4 Å². The Bertz CT molecular complexity index is 1420. The molecule has 0 rings (SSSR count). The van der Waals surface area contributed by atoms with Crippen LogP contribution in [0.2, 0.25) is 0 Å². The van der Waals surface area contributed by atoms with Gasteiger partial charge in [-0.15, -0.1) is 0 Å². The highest BCUT2D eigenvalue weighted by Gasteiger charge is 2.19. The molecule has 0 fully saturated rings. The molecule has 0 aromatic rings. The van der Waals surface area contributed by atoms with Gasteiger partial charge in [-0.05, 0) is 116 Å². The van der Waals surface area contributed by atoms with Gasteiger partial charge in [-0.1, -0.05) is 280 Å². The Morgan fingerprint density at radius 3 is 0.766 bits per heavy atom. The summed E-state index contributed by atoms with van der Waals surface area (Å²) in [6.45, 7) is 6.63. The predicted octanol–water partition coefficient (Wildman–Crippen LogP) is 22.9. The van der Waals surface area contributed by atoms with Gasteiger partial charge in [0.15, 0.2) is 6.10 Å². The highest BCUT2D eigenvalue weighted by molar-refractivity contribution is 5.71. The van der Waals surface area contributed by atoms with Gasteiger partial charge in [-0.25, -0.2) is 0 Å². The third-order valence-electron chi connectivity index (χ3n) is 14.7. The van der Waals surface area contributed by atoms with E-state index < -0.39 is 6.10 Å². The van der Waals surface area contributed by atoms with Crippen molar-refractivity contribution in [3.8, 4) is 0 Å². The molecule has 0 saturated carbocycles. The second-order valence-electron chi connectivity index (χ2n) is 22.4. The maximum Gasteiger partial charge on any atom is 0.306 e. The molecule has 0 heterocycles. The molecule has 0 aliphatic rings. The number of esters is 3. The molecule has 1 unspecified atom stereocenters. The van der Waals surface area contributed by atoms with Crippen LogP contribution in [0.3, 0.4) is 0 Å². The molecule has 0 N–H and O–H groups in total. The average Bonchev–Trinajstić information content (AvgIpc) is 3.43. The quantitative estimate of drug-likeness (QED) is 0.0261. The first-order valence-electron chi connectivity index (χ1n) is 33.4. The zero-order valence-corrected chi connectivity index (χ0v) is 51.2. The summed E-state index contributed by atoms with van der Waals surface area (Å²) >= 11 is 0. The van der Waals surface area contributed by atoms with E-state index in [0.717, 1.165) is 83.5 Å². The second-order valence-corrected chi connectivity index (χ2v) is 22.4. The number of carbonyl (C=O) groups is 3. The molecular weight excluding hydrogens is 949 g/mol. The fourth-order valence-electron chi connectivity index (χ4n) is 9.59. The maximum atomic E-state index is 12.9. The standard InChI is InChI=1S/C71H126O6/c1-4-7-10-13-16-19-22-25-28-31-33-34-35-36-38-40-43-46-49-52-55-58-61-64-70(73)76-67-68(66-75-69(72)63-60-57-54-51-48-45-42-39-30-27-24-21-18-15-12-9-6-3)77-71(74)65-62-59-56-53-50-47-44-41-37-32-29-26-23-20-17-14-11-8-5-2/h17,20,22,25-27,29-31,33,35-36,68H,4-16,18-19,21,23-24,28,32,34,37-67H2,1-3H3/b20-17-,25-22-,29-26-,30-27-,33-31-,36-35-. The van der Waals surface area contributed by atoms with Gasteiger partial charge >= 0.3 is 17.9 Å². The zero-order chi connectivity index (χ0) is 55.7. The summed E-state index contributed by atoms with van der Waals surface area (Å²) in [4.78, 5) is 38.4. The highest BCUT2D eigenvalue weighted by Crippen LogP contribution is 2.16. The van der Waals surface area contributed by atoms with Crippen LogP contribution in [0.15, 0.2) is 72.9 Å². The number of hydrogen-bond donors (Lipinski definition) is 0. The minimum atomic E-state index is -0.784. The van der Waals surface area contributed by atoms with Gasteiger partial charge in [0.25, 0.3) is 0 Å². The Kier molecular flexibility index (Phi) is 62.7. The largest absolute Gasteiger partial charge is 0.462 e. The summed E-state index contributed by atoms with van der Waals surface area (Å²) < 4.78 is 17.0. The molecule has 0 spiro atoms. The van der Waals surface area contributed by atoms with Crippen LogP contribution in [0.25, 0.3) is 0 Å². The van der Waals surface area contributed by atoms with E-state index >= 15 is 0 Å². The van der Waals surface area contributed by atoms with E-state index in [2.05, 4.69) is 93.7 Å². The van der Waals surface area contributed by atoms with Gasteiger partial charge in [0.2, 0.25) is 0 Å². The van der Waals surface area contributed by atoms with Crippen molar-refractivity contribution in [1.29, 1.82) is 0 Å². The minimum Gasteiger partial charge on any atom is -0.462 e. The molecule has 1 atom stereocenters. The van der Waals surface area contributed by atoms with Crippen molar-refractivity contribution in [2.75, 3.05) is 13.2 Å². The van der Waals surface area contributed by atoms with Crippen LogP contribution in [0.4, 0.5) is 0 Å². The predicted molar refractivity (Wildman–Crippen MR) is 335 cm³/mol. The Balaban J connectivity index is 4.38. The van der Waals surface area contributed by atoms with E-state index in [1.165, 1.54) is 218 Å². The molecule has 0 amide bonds. The molecule has 6 heteroatoms. The lowest BCUT2D eigenvalue weighted by atomic mass is 10.1. The van der Waals surface area contributed by atoms with Crippen molar-refractivity contribution in [2.45, 2.75) is 348 Å².